The highest BCUT2D eigenvalue weighted by molar-refractivity contribution is 5.99. The Morgan fingerprint density at radius 1 is 1.21 bits per heavy atom. The number of hydrogen-bond acceptors (Lipinski definition) is 3. The number of benzene rings is 2. The van der Waals surface area contributed by atoms with Crippen LogP contribution in [0.15, 0.2) is 42.5 Å². The number of likely N-dealkylation sites (tertiary alicyclic amines) is 1. The average Bonchev–Trinajstić information content (AvgIpc) is 3.14. The molecule has 1 N–H and O–H groups in total. The molecular weight excluding hydrogens is 385 g/mol. The third-order valence-electron chi connectivity index (χ3n) is 5.21. The smallest absolute Gasteiger partial charge is 0.416 e. The summed E-state index contributed by atoms with van der Waals surface area (Å²) in [5, 5.41) is 2.68. The zero-order valence-electron chi connectivity index (χ0n) is 15.5. The minimum Gasteiger partial charge on any atom is -0.482 e. The Labute approximate surface area is 165 Å². The van der Waals surface area contributed by atoms with Crippen molar-refractivity contribution in [3.05, 3.63) is 59.2 Å². The lowest BCUT2D eigenvalue weighted by Gasteiger charge is -2.20. The average molecular weight is 404 g/mol. The van der Waals surface area contributed by atoms with Gasteiger partial charge in [0, 0.05) is 18.7 Å². The summed E-state index contributed by atoms with van der Waals surface area (Å²) in [7, 11) is 0. The largest absolute Gasteiger partial charge is 0.482 e. The SMILES string of the molecule is O=C1COc2ccc(C(=O)N3CCC(Cc4cccc(C(F)(F)F)c4)C3)cc2N1. The van der Waals surface area contributed by atoms with Crippen LogP contribution in [-0.4, -0.2) is 36.4 Å². The molecule has 2 aromatic carbocycles. The molecule has 1 unspecified atom stereocenters. The number of hydrogen-bond donors (Lipinski definition) is 1. The van der Waals surface area contributed by atoms with E-state index in [0.29, 0.717) is 42.1 Å². The highest BCUT2D eigenvalue weighted by Gasteiger charge is 2.31. The lowest BCUT2D eigenvalue weighted by Crippen LogP contribution is -2.30. The van der Waals surface area contributed by atoms with Gasteiger partial charge >= 0.3 is 6.18 Å². The van der Waals surface area contributed by atoms with E-state index < -0.39 is 11.7 Å². The van der Waals surface area contributed by atoms with Crippen molar-refractivity contribution in [2.45, 2.75) is 19.0 Å². The van der Waals surface area contributed by atoms with E-state index in [2.05, 4.69) is 5.32 Å². The Balaban J connectivity index is 1.42. The molecule has 2 aliphatic rings. The van der Waals surface area contributed by atoms with Gasteiger partial charge in [-0.05, 0) is 48.6 Å². The van der Waals surface area contributed by atoms with Gasteiger partial charge in [0.15, 0.2) is 6.61 Å². The molecular formula is C21H19F3N2O3. The molecule has 0 bridgehead atoms. The molecule has 8 heteroatoms. The molecule has 0 saturated carbocycles. The molecule has 2 aliphatic heterocycles. The van der Waals surface area contributed by atoms with Gasteiger partial charge in [0.2, 0.25) is 0 Å². The van der Waals surface area contributed by atoms with E-state index in [1.807, 2.05) is 0 Å². The maximum Gasteiger partial charge on any atom is 0.416 e. The zero-order chi connectivity index (χ0) is 20.6. The maximum absolute atomic E-state index is 12.9. The minimum atomic E-state index is -4.36. The van der Waals surface area contributed by atoms with E-state index >= 15 is 0 Å². The van der Waals surface area contributed by atoms with E-state index in [9.17, 15) is 22.8 Å². The first-order valence-electron chi connectivity index (χ1n) is 9.32. The van der Waals surface area contributed by atoms with E-state index in [-0.39, 0.29) is 24.3 Å². The molecule has 1 fully saturated rings. The molecule has 2 amide bonds. The summed E-state index contributed by atoms with van der Waals surface area (Å²) in [4.78, 5) is 26.0. The number of rotatable bonds is 3. The predicted octanol–water partition coefficient (Wildman–Crippen LogP) is 3.74. The lowest BCUT2D eigenvalue weighted by atomic mass is 9.97. The number of halogens is 3. The monoisotopic (exact) mass is 404 g/mol. The highest BCUT2D eigenvalue weighted by atomic mass is 19.4. The number of amides is 2. The van der Waals surface area contributed by atoms with Crippen LogP contribution in [0.3, 0.4) is 0 Å². The summed E-state index contributed by atoms with van der Waals surface area (Å²) in [6.07, 6.45) is -3.15. The fraction of sp³-hybridized carbons (Fsp3) is 0.333. The van der Waals surface area contributed by atoms with Gasteiger partial charge in [-0.1, -0.05) is 18.2 Å². The number of anilines is 1. The third kappa shape index (κ3) is 4.21. The van der Waals surface area contributed by atoms with Crippen molar-refractivity contribution in [3.8, 4) is 5.75 Å². The normalized spacial score (nSPS) is 18.8. The van der Waals surface area contributed by atoms with Crippen LogP contribution in [-0.2, 0) is 17.4 Å². The number of ether oxygens (including phenoxy) is 1. The van der Waals surface area contributed by atoms with Gasteiger partial charge in [-0.25, -0.2) is 0 Å². The van der Waals surface area contributed by atoms with Gasteiger partial charge < -0.3 is 15.0 Å². The zero-order valence-corrected chi connectivity index (χ0v) is 15.5. The number of nitrogens with one attached hydrogen (secondary N) is 1. The Bertz CT molecular complexity index is 958. The van der Waals surface area contributed by atoms with E-state index in [1.54, 1.807) is 29.2 Å². The molecule has 152 valence electrons. The van der Waals surface area contributed by atoms with Gasteiger partial charge in [-0.2, -0.15) is 13.2 Å². The molecule has 2 heterocycles. The number of alkyl halides is 3. The van der Waals surface area contributed by atoms with Crippen LogP contribution in [0.5, 0.6) is 5.75 Å². The summed E-state index contributed by atoms with van der Waals surface area (Å²) in [6.45, 7) is 0.973. The summed E-state index contributed by atoms with van der Waals surface area (Å²) >= 11 is 0. The quantitative estimate of drug-likeness (QED) is 0.848. The number of nitrogens with zero attached hydrogens (tertiary/aromatic N) is 1. The summed E-state index contributed by atoms with van der Waals surface area (Å²) in [5.41, 5.74) is 0.869. The van der Waals surface area contributed by atoms with Crippen molar-refractivity contribution in [1.29, 1.82) is 0 Å². The standard InChI is InChI=1S/C21H19F3N2O3/c22-21(23,24)16-3-1-2-13(9-16)8-14-6-7-26(11-14)20(28)15-4-5-18-17(10-15)25-19(27)12-29-18/h1-5,9-10,14H,6-8,11-12H2,(H,25,27). The van der Waals surface area contributed by atoms with Crippen molar-refractivity contribution >= 4 is 17.5 Å². The van der Waals surface area contributed by atoms with Crippen molar-refractivity contribution in [2.75, 3.05) is 25.0 Å². The van der Waals surface area contributed by atoms with Gasteiger partial charge in [0.1, 0.15) is 5.75 Å². The first-order chi connectivity index (χ1) is 13.8. The van der Waals surface area contributed by atoms with Crippen LogP contribution in [0, 0.1) is 5.92 Å². The first-order valence-corrected chi connectivity index (χ1v) is 9.32. The topological polar surface area (TPSA) is 58.6 Å². The number of fused-ring (bicyclic) bond motifs is 1. The molecule has 1 atom stereocenters. The van der Waals surface area contributed by atoms with Crippen LogP contribution < -0.4 is 10.1 Å². The highest BCUT2D eigenvalue weighted by Crippen LogP contribution is 2.32. The molecule has 5 nitrogen and oxygen atoms in total. The van der Waals surface area contributed by atoms with Gasteiger partial charge in [0.05, 0.1) is 11.3 Å². The lowest BCUT2D eigenvalue weighted by molar-refractivity contribution is -0.137. The second-order valence-corrected chi connectivity index (χ2v) is 7.36. The number of carbonyl (C=O) groups excluding carboxylic acids is 2. The van der Waals surface area contributed by atoms with E-state index in [1.165, 1.54) is 12.1 Å². The van der Waals surface area contributed by atoms with Gasteiger partial charge in [-0.15, -0.1) is 0 Å². The predicted molar refractivity (Wildman–Crippen MR) is 99.7 cm³/mol. The van der Waals surface area contributed by atoms with Crippen LogP contribution in [0.25, 0.3) is 0 Å². The maximum atomic E-state index is 12.9. The summed E-state index contributed by atoms with van der Waals surface area (Å²) < 4.78 is 44.0. The Morgan fingerprint density at radius 2 is 2.03 bits per heavy atom. The molecule has 29 heavy (non-hydrogen) atoms. The van der Waals surface area contributed by atoms with Gasteiger partial charge in [0.25, 0.3) is 11.8 Å². The Hall–Kier alpha value is -3.03. The van der Waals surface area contributed by atoms with E-state index in [4.69, 9.17) is 4.74 Å². The fourth-order valence-corrected chi connectivity index (χ4v) is 3.79. The second kappa shape index (κ2) is 7.42. The van der Waals surface area contributed by atoms with Crippen LogP contribution in [0.1, 0.15) is 27.9 Å². The third-order valence-corrected chi connectivity index (χ3v) is 5.21. The fourth-order valence-electron chi connectivity index (χ4n) is 3.79. The van der Waals surface area contributed by atoms with Crippen molar-refractivity contribution in [3.63, 3.8) is 0 Å². The van der Waals surface area contributed by atoms with Crippen LogP contribution in [0.4, 0.5) is 18.9 Å². The molecule has 2 aromatic rings. The first kappa shape index (κ1) is 19.3. The molecule has 0 aromatic heterocycles. The summed E-state index contributed by atoms with van der Waals surface area (Å²) in [6, 6.07) is 10.2. The van der Waals surface area contributed by atoms with Gasteiger partial charge in [-0.3, -0.25) is 9.59 Å². The molecule has 0 aliphatic carbocycles. The number of carbonyl (C=O) groups is 2. The molecule has 4 rings (SSSR count). The molecule has 0 spiro atoms. The van der Waals surface area contributed by atoms with Crippen molar-refractivity contribution < 1.29 is 27.5 Å². The van der Waals surface area contributed by atoms with Crippen LogP contribution in [0.2, 0.25) is 0 Å². The Morgan fingerprint density at radius 3 is 2.83 bits per heavy atom. The molecule has 0 radical (unpaired) electrons. The van der Waals surface area contributed by atoms with Crippen molar-refractivity contribution in [1.82, 2.24) is 4.90 Å². The van der Waals surface area contributed by atoms with E-state index in [0.717, 1.165) is 12.5 Å². The minimum absolute atomic E-state index is 0.0519. The van der Waals surface area contributed by atoms with Crippen LogP contribution >= 0.6 is 0 Å². The summed E-state index contributed by atoms with van der Waals surface area (Å²) in [5.74, 6) is 0.177. The Kier molecular flexibility index (Phi) is 4.94. The second-order valence-electron chi connectivity index (χ2n) is 7.36. The van der Waals surface area contributed by atoms with Crippen molar-refractivity contribution in [2.24, 2.45) is 5.92 Å². The molecule has 1 saturated heterocycles.